The number of allylic oxidation sites excluding steroid dienone is 1. The van der Waals surface area contributed by atoms with Gasteiger partial charge < -0.3 is 21.1 Å². The van der Waals surface area contributed by atoms with Gasteiger partial charge >= 0.3 is 5.91 Å². The number of hydrogen-bond donors (Lipinski definition) is 4. The van der Waals surface area contributed by atoms with Crippen molar-refractivity contribution in [3.63, 3.8) is 0 Å². The molecule has 2 rings (SSSR count). The van der Waals surface area contributed by atoms with Gasteiger partial charge in [-0.15, -0.1) is 0 Å². The van der Waals surface area contributed by atoms with Gasteiger partial charge in [-0.05, 0) is 31.0 Å². The minimum atomic E-state index is -0.345. The second-order valence-corrected chi connectivity index (χ2v) is 5.56. The average Bonchev–Trinajstić information content (AvgIpc) is 2.61. The third-order valence-corrected chi connectivity index (χ3v) is 3.98. The first kappa shape index (κ1) is 17.2. The van der Waals surface area contributed by atoms with Gasteiger partial charge in [-0.25, -0.2) is 5.41 Å². The SMILES string of the molecule is CC/C(N)=C(\C)C(=[NH2+])C(=O)Nc1ccc([C@H]2CNCCO2)cc1. The van der Waals surface area contributed by atoms with Crippen LogP contribution in [0.5, 0.6) is 0 Å². The van der Waals surface area contributed by atoms with Crippen LogP contribution >= 0.6 is 0 Å². The van der Waals surface area contributed by atoms with E-state index in [1.54, 1.807) is 6.92 Å². The van der Waals surface area contributed by atoms with Gasteiger partial charge in [-0.2, -0.15) is 0 Å². The van der Waals surface area contributed by atoms with Crippen molar-refractivity contribution in [1.82, 2.24) is 5.32 Å². The van der Waals surface area contributed by atoms with E-state index in [-0.39, 0.29) is 17.7 Å². The van der Waals surface area contributed by atoms with Crippen LogP contribution in [0.15, 0.2) is 35.5 Å². The Kier molecular flexibility index (Phi) is 5.90. The van der Waals surface area contributed by atoms with Crippen molar-refractivity contribution >= 4 is 17.3 Å². The summed E-state index contributed by atoms with van der Waals surface area (Å²) in [6.07, 6.45) is 0.712. The highest BCUT2D eigenvalue weighted by Crippen LogP contribution is 2.20. The Bertz CT molecular complexity index is 602. The summed E-state index contributed by atoms with van der Waals surface area (Å²) in [5.74, 6) is -0.345. The lowest BCUT2D eigenvalue weighted by atomic mass is 10.1. The number of rotatable bonds is 5. The quantitative estimate of drug-likeness (QED) is 0.580. The summed E-state index contributed by atoms with van der Waals surface area (Å²) in [5, 5.41) is 11.9. The number of nitrogens with one attached hydrogen (secondary N) is 2. The third-order valence-electron chi connectivity index (χ3n) is 3.98. The lowest BCUT2D eigenvalue weighted by Crippen LogP contribution is -2.48. The number of amides is 1. The lowest BCUT2D eigenvalue weighted by Gasteiger charge is -2.24. The Morgan fingerprint density at radius 3 is 2.70 bits per heavy atom. The zero-order chi connectivity index (χ0) is 16.8. The summed E-state index contributed by atoms with van der Waals surface area (Å²) >= 11 is 0. The minimum absolute atomic E-state index is 0.0552. The van der Waals surface area contributed by atoms with Crippen molar-refractivity contribution in [3.8, 4) is 0 Å². The number of carbonyl (C=O) groups is 1. The summed E-state index contributed by atoms with van der Waals surface area (Å²) in [6, 6.07) is 7.60. The molecule has 1 fully saturated rings. The van der Waals surface area contributed by atoms with Crippen LogP contribution in [0.4, 0.5) is 5.69 Å². The Labute approximate surface area is 136 Å². The van der Waals surface area contributed by atoms with Gasteiger partial charge in [0.15, 0.2) is 0 Å². The molecule has 1 aliphatic heterocycles. The third kappa shape index (κ3) is 4.40. The summed E-state index contributed by atoms with van der Waals surface area (Å²) in [6.45, 7) is 6.06. The molecule has 1 amide bonds. The number of carbonyl (C=O) groups excluding carboxylic acids is 1. The molecule has 6 nitrogen and oxygen atoms in total. The second kappa shape index (κ2) is 7.89. The van der Waals surface area contributed by atoms with Gasteiger partial charge in [-0.1, -0.05) is 19.1 Å². The molecule has 0 aliphatic carbocycles. The molecule has 0 saturated carbocycles. The number of nitrogens with two attached hydrogens (primary N) is 2. The maximum absolute atomic E-state index is 12.2. The molecule has 6 heteroatoms. The molecule has 124 valence electrons. The van der Waals surface area contributed by atoms with E-state index in [2.05, 4.69) is 10.6 Å². The van der Waals surface area contributed by atoms with E-state index in [1.165, 1.54) is 0 Å². The molecular formula is C17H25N4O2+. The van der Waals surface area contributed by atoms with E-state index < -0.39 is 0 Å². The Hall–Kier alpha value is -2.18. The molecule has 1 heterocycles. The molecule has 1 aromatic rings. The van der Waals surface area contributed by atoms with Crippen LogP contribution in [0.25, 0.3) is 0 Å². The maximum atomic E-state index is 12.2. The topological polar surface area (TPSA) is 102 Å². The first-order valence-corrected chi connectivity index (χ1v) is 7.84. The predicted octanol–water partition coefficient (Wildman–Crippen LogP) is 0.129. The van der Waals surface area contributed by atoms with Crippen molar-refractivity contribution in [2.75, 3.05) is 25.0 Å². The normalized spacial score (nSPS) is 19.0. The number of hydrogen-bond acceptors (Lipinski definition) is 4. The number of morpholine rings is 1. The zero-order valence-electron chi connectivity index (χ0n) is 13.7. The minimum Gasteiger partial charge on any atom is -0.402 e. The number of ether oxygens (including phenoxy) is 1. The van der Waals surface area contributed by atoms with Crippen molar-refractivity contribution in [1.29, 1.82) is 0 Å². The van der Waals surface area contributed by atoms with Gasteiger partial charge in [0.2, 0.25) is 0 Å². The Balaban J connectivity index is 2.00. The largest absolute Gasteiger partial charge is 0.402 e. The lowest BCUT2D eigenvalue weighted by molar-refractivity contribution is -0.132. The summed E-state index contributed by atoms with van der Waals surface area (Å²) in [5.41, 5.74) is 9.00. The van der Waals surface area contributed by atoms with Crippen LogP contribution in [0.3, 0.4) is 0 Å². The fourth-order valence-corrected chi connectivity index (χ4v) is 2.37. The maximum Gasteiger partial charge on any atom is 0.320 e. The average molecular weight is 317 g/mol. The van der Waals surface area contributed by atoms with Gasteiger partial charge in [0, 0.05) is 30.0 Å². The first-order chi connectivity index (χ1) is 11.0. The molecular weight excluding hydrogens is 292 g/mol. The van der Waals surface area contributed by atoms with Crippen molar-refractivity contribution in [2.45, 2.75) is 26.4 Å². The standard InChI is InChI=1S/C17H24N4O2/c1-3-14(18)11(2)16(19)17(22)21-13-6-4-12(5-7-13)15-10-20-8-9-23-15/h4-7,15,19-20H,3,8-10,18H2,1-2H3,(H,21,22)/p+1/b14-11-,19-16?/t15-/m1/s1. The molecule has 6 N–H and O–H groups in total. The molecule has 1 aliphatic rings. The summed E-state index contributed by atoms with van der Waals surface area (Å²) in [4.78, 5) is 12.2. The smallest absolute Gasteiger partial charge is 0.320 e. The van der Waals surface area contributed by atoms with Crippen molar-refractivity contribution < 1.29 is 14.9 Å². The van der Waals surface area contributed by atoms with Crippen LogP contribution < -0.4 is 21.8 Å². The van der Waals surface area contributed by atoms with Gasteiger partial charge in [0.25, 0.3) is 5.71 Å². The highest BCUT2D eigenvalue weighted by atomic mass is 16.5. The molecule has 0 spiro atoms. The fourth-order valence-electron chi connectivity index (χ4n) is 2.37. The first-order valence-electron chi connectivity index (χ1n) is 7.84. The highest BCUT2D eigenvalue weighted by molar-refractivity contribution is 6.46. The van der Waals surface area contributed by atoms with Crippen LogP contribution in [0.2, 0.25) is 0 Å². The number of anilines is 1. The molecule has 23 heavy (non-hydrogen) atoms. The zero-order valence-corrected chi connectivity index (χ0v) is 13.7. The van der Waals surface area contributed by atoms with E-state index >= 15 is 0 Å². The van der Waals surface area contributed by atoms with Crippen LogP contribution in [-0.4, -0.2) is 31.3 Å². The van der Waals surface area contributed by atoms with Crippen LogP contribution in [0, 0.1) is 0 Å². The fraction of sp³-hybridized carbons (Fsp3) is 0.412. The second-order valence-electron chi connectivity index (χ2n) is 5.56. The van der Waals surface area contributed by atoms with Crippen molar-refractivity contribution in [2.24, 2.45) is 5.73 Å². The van der Waals surface area contributed by atoms with E-state index in [0.717, 1.165) is 18.7 Å². The number of benzene rings is 1. The van der Waals surface area contributed by atoms with Gasteiger partial charge in [0.05, 0.1) is 12.7 Å². The van der Waals surface area contributed by atoms with Crippen molar-refractivity contribution in [3.05, 3.63) is 41.1 Å². The van der Waals surface area contributed by atoms with Crippen LogP contribution in [-0.2, 0) is 9.53 Å². The molecule has 0 unspecified atom stereocenters. The van der Waals surface area contributed by atoms with E-state index in [0.29, 0.717) is 30.0 Å². The summed E-state index contributed by atoms with van der Waals surface area (Å²) in [7, 11) is 0. The molecule has 0 radical (unpaired) electrons. The molecule has 1 saturated heterocycles. The Morgan fingerprint density at radius 2 is 2.13 bits per heavy atom. The molecule has 0 bridgehead atoms. The molecule has 0 aromatic heterocycles. The Morgan fingerprint density at radius 1 is 1.43 bits per heavy atom. The molecule has 1 aromatic carbocycles. The molecule has 1 atom stereocenters. The van der Waals surface area contributed by atoms with Gasteiger partial charge in [0.1, 0.15) is 0 Å². The highest BCUT2D eigenvalue weighted by Gasteiger charge is 2.20. The van der Waals surface area contributed by atoms with Crippen LogP contribution in [0.1, 0.15) is 31.9 Å². The monoisotopic (exact) mass is 317 g/mol. The van der Waals surface area contributed by atoms with E-state index in [1.807, 2.05) is 31.2 Å². The summed E-state index contributed by atoms with van der Waals surface area (Å²) < 4.78 is 5.70. The van der Waals surface area contributed by atoms with Gasteiger partial charge in [-0.3, -0.25) is 4.79 Å². The van der Waals surface area contributed by atoms with E-state index in [4.69, 9.17) is 15.9 Å². The predicted molar refractivity (Wildman–Crippen MR) is 90.7 cm³/mol. The van der Waals surface area contributed by atoms with E-state index in [9.17, 15) is 4.79 Å².